The number of halogens is 1. The Kier molecular flexibility index (Phi) is 7.96. The monoisotopic (exact) mass is 562 g/mol. The van der Waals surface area contributed by atoms with Gasteiger partial charge in [-0.1, -0.05) is 67.5 Å². The van der Waals surface area contributed by atoms with Crippen LogP contribution in [0.3, 0.4) is 0 Å². The maximum atomic E-state index is 7.25. The molecule has 2 fully saturated rings. The molecule has 0 amide bonds. The lowest BCUT2D eigenvalue weighted by molar-refractivity contribution is -0.0385. The van der Waals surface area contributed by atoms with E-state index in [4.69, 9.17) is 17.7 Å². The highest BCUT2D eigenvalue weighted by molar-refractivity contribution is 14.1. The van der Waals surface area contributed by atoms with Crippen LogP contribution in [-0.4, -0.2) is 35.9 Å². The van der Waals surface area contributed by atoms with E-state index in [9.17, 15) is 0 Å². The second-order valence-electron chi connectivity index (χ2n) is 10.1. The Morgan fingerprint density at radius 1 is 0.800 bits per heavy atom. The van der Waals surface area contributed by atoms with Gasteiger partial charge < -0.3 is 17.7 Å². The highest BCUT2D eigenvalue weighted by Crippen LogP contribution is 2.48. The maximum absolute atomic E-state index is 7.25. The summed E-state index contributed by atoms with van der Waals surface area (Å²) in [5.41, 5.74) is 2.64. The average Bonchev–Trinajstić information content (AvgIpc) is 3.03. The highest BCUT2D eigenvalue weighted by Gasteiger charge is 2.60. The largest absolute Gasteiger partial charge is 0.414 e. The third-order valence-corrected chi connectivity index (χ3v) is 17.8. The van der Waals surface area contributed by atoms with Gasteiger partial charge >= 0.3 is 17.1 Å². The Bertz CT molecular complexity index is 692. The number of rotatable bonds is 5. The van der Waals surface area contributed by atoms with Gasteiger partial charge in [0.15, 0.2) is 0 Å². The Balaban J connectivity index is 1.98. The first-order chi connectivity index (χ1) is 14.0. The minimum Gasteiger partial charge on any atom is -0.414 e. The van der Waals surface area contributed by atoms with Crippen LogP contribution in [0.5, 0.6) is 0 Å². The molecule has 4 nitrogen and oxygen atoms in total. The molecule has 0 aromatic heterocycles. The average molecular weight is 563 g/mol. The topological polar surface area (TPSA) is 36.9 Å². The van der Waals surface area contributed by atoms with Crippen LogP contribution in [0.25, 0.3) is 0 Å². The first-order valence-electron chi connectivity index (χ1n) is 11.4. The molecular weight excluding hydrogens is 523 g/mol. The molecule has 0 aliphatic carbocycles. The van der Waals surface area contributed by atoms with Crippen molar-refractivity contribution in [3.63, 3.8) is 0 Å². The molecule has 3 rings (SSSR count). The molecule has 1 aromatic rings. The van der Waals surface area contributed by atoms with Gasteiger partial charge in [0.25, 0.3) is 0 Å². The summed E-state index contributed by atoms with van der Waals surface area (Å²) in [6, 6.07) is 8.66. The third-order valence-electron chi connectivity index (χ3n) is 6.79. The summed E-state index contributed by atoms with van der Waals surface area (Å²) in [6.07, 6.45) is 0.910. The molecule has 0 N–H and O–H groups in total. The van der Waals surface area contributed by atoms with Gasteiger partial charge in [-0.05, 0) is 62.5 Å². The van der Waals surface area contributed by atoms with E-state index < -0.39 is 17.1 Å². The van der Waals surface area contributed by atoms with Crippen molar-refractivity contribution in [3.05, 3.63) is 33.4 Å². The van der Waals surface area contributed by atoms with Gasteiger partial charge in [0.05, 0.1) is 18.8 Å². The Labute approximate surface area is 199 Å². The van der Waals surface area contributed by atoms with E-state index in [2.05, 4.69) is 102 Å². The number of benzene rings is 1. The molecule has 3 atom stereocenters. The molecule has 2 heterocycles. The van der Waals surface area contributed by atoms with Crippen LogP contribution in [0.2, 0.25) is 22.2 Å². The number of hydrogen-bond acceptors (Lipinski definition) is 4. The lowest BCUT2D eigenvalue weighted by atomic mass is 10.1. The molecule has 2 aliphatic heterocycles. The van der Waals surface area contributed by atoms with Crippen LogP contribution in [-0.2, 0) is 17.7 Å². The van der Waals surface area contributed by atoms with Crippen LogP contribution in [0.4, 0.5) is 0 Å². The predicted octanol–water partition coefficient (Wildman–Crippen LogP) is 7.08. The molecule has 0 spiro atoms. The SMILES string of the molecule is CC(C)[Si]1(C(C)C)OC[C@H]2O[C@@H](c3ccc(I)cc3)C[C@@H]2O[Si](C(C)C)(C(C)C)O1. The van der Waals surface area contributed by atoms with Crippen molar-refractivity contribution in [2.45, 2.75) is 102 Å². The Hall–Kier alpha value is 0.224. The van der Waals surface area contributed by atoms with Crippen molar-refractivity contribution < 1.29 is 17.7 Å². The fourth-order valence-corrected chi connectivity index (χ4v) is 16.6. The van der Waals surface area contributed by atoms with E-state index >= 15 is 0 Å². The molecule has 0 saturated carbocycles. The minimum absolute atomic E-state index is 0.0251. The van der Waals surface area contributed by atoms with Crippen molar-refractivity contribution in [3.8, 4) is 0 Å². The molecule has 0 bridgehead atoms. The smallest absolute Gasteiger partial charge is 0.335 e. The number of ether oxygens (including phenoxy) is 1. The zero-order chi connectivity index (χ0) is 22.3. The van der Waals surface area contributed by atoms with Crippen molar-refractivity contribution in [2.75, 3.05) is 6.61 Å². The molecule has 2 saturated heterocycles. The van der Waals surface area contributed by atoms with Gasteiger partial charge in [0.1, 0.15) is 6.10 Å². The first kappa shape index (κ1) is 24.9. The van der Waals surface area contributed by atoms with E-state index in [0.29, 0.717) is 28.8 Å². The van der Waals surface area contributed by atoms with Gasteiger partial charge in [-0.25, -0.2) is 0 Å². The number of hydrogen-bond donors (Lipinski definition) is 0. The van der Waals surface area contributed by atoms with E-state index in [1.54, 1.807) is 0 Å². The van der Waals surface area contributed by atoms with E-state index in [1.165, 1.54) is 9.13 Å². The van der Waals surface area contributed by atoms with Gasteiger partial charge in [-0.3, -0.25) is 0 Å². The van der Waals surface area contributed by atoms with Gasteiger partial charge in [-0.2, -0.15) is 0 Å². The molecule has 7 heteroatoms. The van der Waals surface area contributed by atoms with E-state index in [-0.39, 0.29) is 18.3 Å². The van der Waals surface area contributed by atoms with Crippen LogP contribution in [0.1, 0.15) is 73.5 Å². The van der Waals surface area contributed by atoms with Crippen molar-refractivity contribution in [2.24, 2.45) is 0 Å². The molecule has 0 unspecified atom stereocenters. The van der Waals surface area contributed by atoms with Crippen molar-refractivity contribution in [1.82, 2.24) is 0 Å². The summed E-state index contributed by atoms with van der Waals surface area (Å²) in [5.74, 6) is 0. The number of fused-ring (bicyclic) bond motifs is 1. The van der Waals surface area contributed by atoms with Gasteiger partial charge in [0.2, 0.25) is 0 Å². The first-order valence-corrected chi connectivity index (χ1v) is 16.5. The molecule has 0 radical (unpaired) electrons. The lowest BCUT2D eigenvalue weighted by Crippen LogP contribution is -2.65. The van der Waals surface area contributed by atoms with E-state index in [0.717, 1.165) is 6.42 Å². The third kappa shape index (κ3) is 4.63. The second-order valence-corrected chi connectivity index (χ2v) is 20.2. The second kappa shape index (κ2) is 9.61. The van der Waals surface area contributed by atoms with Crippen molar-refractivity contribution >= 4 is 39.7 Å². The maximum Gasteiger partial charge on any atom is 0.335 e. The fourth-order valence-electron chi connectivity index (χ4n) is 5.04. The zero-order valence-corrected chi connectivity index (χ0v) is 23.9. The summed E-state index contributed by atoms with van der Waals surface area (Å²) in [7, 11) is -5.04. The minimum atomic E-state index is -2.55. The molecule has 2 aliphatic rings. The Morgan fingerprint density at radius 3 is 1.83 bits per heavy atom. The summed E-state index contributed by atoms with van der Waals surface area (Å²) in [4.78, 5) is 0. The molecular formula is C23H39IO4Si2. The van der Waals surface area contributed by atoms with Crippen LogP contribution in [0, 0.1) is 3.57 Å². The molecule has 30 heavy (non-hydrogen) atoms. The summed E-state index contributed by atoms with van der Waals surface area (Å²) >= 11 is 2.35. The van der Waals surface area contributed by atoms with Gasteiger partial charge in [0, 0.05) is 9.99 Å². The normalized spacial score (nSPS) is 28.8. The van der Waals surface area contributed by atoms with Crippen LogP contribution < -0.4 is 0 Å². The predicted molar refractivity (Wildman–Crippen MR) is 135 cm³/mol. The highest BCUT2D eigenvalue weighted by atomic mass is 127. The zero-order valence-electron chi connectivity index (χ0n) is 19.8. The molecule has 170 valence electrons. The van der Waals surface area contributed by atoms with Gasteiger partial charge in [-0.15, -0.1) is 0 Å². The fraction of sp³-hybridized carbons (Fsp3) is 0.739. The lowest BCUT2D eigenvalue weighted by Gasteiger charge is -2.51. The van der Waals surface area contributed by atoms with Crippen molar-refractivity contribution in [1.29, 1.82) is 0 Å². The summed E-state index contributed by atoms with van der Waals surface area (Å²) in [5, 5.41) is 0. The summed E-state index contributed by atoms with van der Waals surface area (Å²) in [6.45, 7) is 18.7. The van der Waals surface area contributed by atoms with E-state index in [1.807, 2.05) is 0 Å². The standard InChI is InChI=1S/C23H39IO4Si2/c1-15(2)29(16(3)4)25-14-23-22(27-30(28-29,17(5)6)18(7)8)13-21(26-23)19-9-11-20(24)12-10-19/h9-12,15-18,21-23H,13-14H2,1-8H3/t21-,22+,23-/m1/s1. The quantitative estimate of drug-likeness (QED) is 0.284. The summed E-state index contributed by atoms with van der Waals surface area (Å²) < 4.78 is 29.0. The molecule has 1 aromatic carbocycles. The van der Waals surface area contributed by atoms with Crippen LogP contribution >= 0.6 is 22.6 Å². The Morgan fingerprint density at radius 2 is 1.33 bits per heavy atom. The van der Waals surface area contributed by atoms with Crippen LogP contribution in [0.15, 0.2) is 24.3 Å².